The van der Waals surface area contributed by atoms with Crippen LogP contribution in [0.3, 0.4) is 0 Å². The Morgan fingerprint density at radius 1 is 1.32 bits per heavy atom. The number of rotatable bonds is 2. The summed E-state index contributed by atoms with van der Waals surface area (Å²) in [5.74, 6) is -0.878. The number of alkyl halides is 5. The summed E-state index contributed by atoms with van der Waals surface area (Å²) in [6.07, 6.45) is -1.51. The van der Waals surface area contributed by atoms with Crippen LogP contribution in [0.1, 0.15) is 34.5 Å². The van der Waals surface area contributed by atoms with Gasteiger partial charge in [-0.25, -0.2) is 0 Å². The predicted molar refractivity (Wildman–Crippen MR) is 87.7 cm³/mol. The summed E-state index contributed by atoms with van der Waals surface area (Å²) in [4.78, 5) is 22.1. The number of Topliss-reactive ketones (excluding diaryl/α,β-unsaturated/α-hetero) is 1. The third-order valence-electron chi connectivity index (χ3n) is 5.06. The molecule has 1 atom stereocenters. The van der Waals surface area contributed by atoms with E-state index in [-0.39, 0.29) is 31.0 Å². The van der Waals surface area contributed by atoms with Crippen molar-refractivity contribution in [3.63, 3.8) is 0 Å². The number of halogens is 5. The number of aromatic nitrogens is 1. The van der Waals surface area contributed by atoms with E-state index in [0.29, 0.717) is 22.9 Å². The summed E-state index contributed by atoms with van der Waals surface area (Å²) in [5.41, 5.74) is -0.723. The SMILES string of the molecule is Cc1nccc2c1C(=O)CCC21CN2C=C(C(F)(F)F)C=C(OC(F)F)C2=N1. The van der Waals surface area contributed by atoms with Gasteiger partial charge in [-0.1, -0.05) is 0 Å². The quantitative estimate of drug-likeness (QED) is 0.709. The van der Waals surface area contributed by atoms with Crippen molar-refractivity contribution in [2.24, 2.45) is 4.99 Å². The summed E-state index contributed by atoms with van der Waals surface area (Å²) >= 11 is 0. The molecule has 3 aliphatic rings. The number of ether oxygens (including phenoxy) is 1. The van der Waals surface area contributed by atoms with Gasteiger partial charge in [0.15, 0.2) is 17.4 Å². The molecule has 0 amide bonds. The number of aryl methyl sites for hydroxylation is 1. The maximum atomic E-state index is 13.2. The maximum Gasteiger partial charge on any atom is 0.417 e. The van der Waals surface area contributed by atoms with Crippen molar-refractivity contribution in [3.05, 3.63) is 52.7 Å². The minimum atomic E-state index is -4.74. The topological polar surface area (TPSA) is 54.8 Å². The summed E-state index contributed by atoms with van der Waals surface area (Å²) in [7, 11) is 0. The van der Waals surface area contributed by atoms with Crippen LogP contribution in [0.25, 0.3) is 0 Å². The number of nitrogens with zero attached hydrogens (tertiary/aromatic N) is 3. The maximum absolute atomic E-state index is 13.2. The van der Waals surface area contributed by atoms with Crippen LogP contribution in [0.2, 0.25) is 0 Å². The molecular weight excluding hydrogens is 385 g/mol. The average Bonchev–Trinajstić information content (AvgIpc) is 2.97. The molecule has 10 heteroatoms. The Balaban J connectivity index is 1.84. The van der Waals surface area contributed by atoms with Crippen molar-refractivity contribution in [3.8, 4) is 0 Å². The van der Waals surface area contributed by atoms with Crippen LogP contribution < -0.4 is 0 Å². The zero-order chi connectivity index (χ0) is 20.3. The minimum Gasteiger partial charge on any atom is -0.431 e. The van der Waals surface area contributed by atoms with Gasteiger partial charge < -0.3 is 9.64 Å². The van der Waals surface area contributed by atoms with E-state index in [0.717, 1.165) is 11.1 Å². The Labute approximate surface area is 156 Å². The first-order chi connectivity index (χ1) is 13.1. The predicted octanol–water partition coefficient (Wildman–Crippen LogP) is 3.86. The van der Waals surface area contributed by atoms with Gasteiger partial charge in [-0.3, -0.25) is 14.8 Å². The second-order valence-electron chi connectivity index (χ2n) is 6.81. The van der Waals surface area contributed by atoms with Gasteiger partial charge in [-0.15, -0.1) is 0 Å². The third-order valence-corrected chi connectivity index (χ3v) is 5.06. The lowest BCUT2D eigenvalue weighted by Crippen LogP contribution is -2.38. The number of aliphatic imine (C=N–C) groups is 1. The first-order valence-electron chi connectivity index (χ1n) is 8.42. The average molecular weight is 399 g/mol. The van der Waals surface area contributed by atoms with Gasteiger partial charge in [0.2, 0.25) is 0 Å². The van der Waals surface area contributed by atoms with E-state index in [9.17, 15) is 26.7 Å². The molecule has 1 aromatic heterocycles. The second-order valence-corrected chi connectivity index (χ2v) is 6.81. The Morgan fingerprint density at radius 2 is 2.07 bits per heavy atom. The molecule has 0 saturated carbocycles. The van der Waals surface area contributed by atoms with Gasteiger partial charge in [-0.2, -0.15) is 22.0 Å². The highest BCUT2D eigenvalue weighted by Gasteiger charge is 2.49. The standard InChI is InChI=1S/C18H14F5N3O2/c1-9-14-11(3-5-24-9)17(4-2-12(14)27)8-26-7-10(18(21,22)23)6-13(15(26)25-17)28-16(19)20/h3,5-7,16H,2,4,8H2,1H3. The van der Waals surface area contributed by atoms with E-state index >= 15 is 0 Å². The Kier molecular flexibility index (Phi) is 4.06. The summed E-state index contributed by atoms with van der Waals surface area (Å²) in [6, 6.07) is 1.60. The zero-order valence-electron chi connectivity index (χ0n) is 14.6. The molecule has 0 saturated heterocycles. The van der Waals surface area contributed by atoms with E-state index in [1.54, 1.807) is 13.0 Å². The molecule has 0 bridgehead atoms. The van der Waals surface area contributed by atoms with Gasteiger partial charge in [0.25, 0.3) is 0 Å². The molecule has 0 fully saturated rings. The zero-order valence-corrected chi connectivity index (χ0v) is 14.6. The third kappa shape index (κ3) is 2.87. The van der Waals surface area contributed by atoms with Gasteiger partial charge in [0.05, 0.1) is 12.1 Å². The molecule has 28 heavy (non-hydrogen) atoms. The molecule has 148 valence electrons. The molecule has 1 aliphatic carbocycles. The molecule has 0 N–H and O–H groups in total. The summed E-state index contributed by atoms with van der Waals surface area (Å²) in [5, 5.41) is 0. The molecule has 1 aromatic rings. The van der Waals surface area contributed by atoms with Crippen LogP contribution in [0.15, 0.2) is 40.9 Å². The van der Waals surface area contributed by atoms with Crippen LogP contribution in [0, 0.1) is 6.92 Å². The number of fused-ring (bicyclic) bond motifs is 3. The fraction of sp³-hybridized carbons (Fsp3) is 0.389. The molecule has 2 aliphatic heterocycles. The fourth-order valence-corrected chi connectivity index (χ4v) is 3.88. The highest BCUT2D eigenvalue weighted by atomic mass is 19.4. The lowest BCUT2D eigenvalue weighted by molar-refractivity contribution is -0.0981. The van der Waals surface area contributed by atoms with Crippen LogP contribution in [-0.4, -0.2) is 40.8 Å². The highest BCUT2D eigenvalue weighted by Crippen LogP contribution is 2.45. The van der Waals surface area contributed by atoms with Gasteiger partial charge >= 0.3 is 12.8 Å². The van der Waals surface area contributed by atoms with Crippen molar-refractivity contribution in [1.29, 1.82) is 0 Å². The Morgan fingerprint density at radius 3 is 2.75 bits per heavy atom. The van der Waals surface area contributed by atoms with Crippen molar-refractivity contribution in [2.75, 3.05) is 6.54 Å². The first-order valence-corrected chi connectivity index (χ1v) is 8.42. The minimum absolute atomic E-state index is 0.0183. The smallest absolute Gasteiger partial charge is 0.417 e. The van der Waals surface area contributed by atoms with E-state index in [1.165, 1.54) is 6.20 Å². The molecule has 1 spiro atoms. The van der Waals surface area contributed by atoms with Crippen LogP contribution >= 0.6 is 0 Å². The van der Waals surface area contributed by atoms with Gasteiger partial charge in [0, 0.05) is 30.1 Å². The van der Waals surface area contributed by atoms with E-state index in [4.69, 9.17) is 0 Å². The van der Waals surface area contributed by atoms with Crippen molar-refractivity contribution in [1.82, 2.24) is 9.88 Å². The number of pyridine rings is 1. The number of hydrogen-bond acceptors (Lipinski definition) is 5. The molecule has 4 rings (SSSR count). The second kappa shape index (κ2) is 6.11. The molecule has 3 heterocycles. The van der Waals surface area contributed by atoms with Crippen molar-refractivity contribution >= 4 is 11.6 Å². The molecule has 0 aromatic carbocycles. The van der Waals surface area contributed by atoms with Gasteiger partial charge in [-0.05, 0) is 31.1 Å². The lowest BCUT2D eigenvalue weighted by atomic mass is 9.76. The largest absolute Gasteiger partial charge is 0.431 e. The number of carbonyl (C=O) groups is 1. The molecule has 5 nitrogen and oxygen atoms in total. The van der Waals surface area contributed by atoms with Gasteiger partial charge in [0.1, 0.15) is 5.54 Å². The monoisotopic (exact) mass is 399 g/mol. The van der Waals surface area contributed by atoms with E-state index < -0.39 is 29.7 Å². The molecule has 0 radical (unpaired) electrons. The summed E-state index contributed by atoms with van der Waals surface area (Å²) < 4.78 is 69.5. The first kappa shape index (κ1) is 18.6. The Hall–Kier alpha value is -2.78. The Bertz CT molecular complexity index is 951. The fourth-order valence-electron chi connectivity index (χ4n) is 3.88. The lowest BCUT2D eigenvalue weighted by Gasteiger charge is -2.33. The van der Waals surface area contributed by atoms with Crippen molar-refractivity contribution < 1.29 is 31.5 Å². The number of ketones is 1. The summed E-state index contributed by atoms with van der Waals surface area (Å²) in [6.45, 7) is -1.65. The normalized spacial score (nSPS) is 24.0. The number of hydrogen-bond donors (Lipinski definition) is 0. The van der Waals surface area contributed by atoms with Crippen molar-refractivity contribution in [2.45, 2.75) is 38.1 Å². The molecule has 1 unspecified atom stereocenters. The number of allylic oxidation sites excluding steroid dienone is 2. The highest BCUT2D eigenvalue weighted by molar-refractivity contribution is 6.03. The molecular formula is C18H14F5N3O2. The number of amidine groups is 1. The van der Waals surface area contributed by atoms with E-state index in [1.807, 2.05) is 0 Å². The van der Waals surface area contributed by atoms with Crippen LogP contribution in [0.4, 0.5) is 22.0 Å². The number of carbonyl (C=O) groups excluding carboxylic acids is 1. The van der Waals surface area contributed by atoms with E-state index in [2.05, 4.69) is 14.7 Å². The van der Waals surface area contributed by atoms with Crippen LogP contribution in [-0.2, 0) is 10.3 Å². The van der Waals surface area contributed by atoms with Crippen LogP contribution in [0.5, 0.6) is 0 Å².